The quantitative estimate of drug-likeness (QED) is 0.506. The number of allylic oxidation sites excluding steroid dienone is 8. The van der Waals surface area contributed by atoms with Crippen LogP contribution in [0.4, 0.5) is 0 Å². The van der Waals surface area contributed by atoms with Crippen LogP contribution >= 0.6 is 0 Å². The van der Waals surface area contributed by atoms with Crippen LogP contribution in [0.2, 0.25) is 0 Å². The Balaban J connectivity index is 2.40. The second-order valence-electron chi connectivity index (χ2n) is 2.87. The van der Waals surface area contributed by atoms with E-state index in [4.69, 9.17) is 0 Å². The van der Waals surface area contributed by atoms with E-state index in [0.717, 1.165) is 25.7 Å². The highest BCUT2D eigenvalue weighted by Crippen LogP contribution is 1.98. The Morgan fingerprint density at radius 3 is 0.917 bits per heavy atom. The summed E-state index contributed by atoms with van der Waals surface area (Å²) in [7, 11) is 0. The van der Waals surface area contributed by atoms with Crippen molar-refractivity contribution in [3.8, 4) is 0 Å². The van der Waals surface area contributed by atoms with E-state index in [9.17, 15) is 0 Å². The lowest BCUT2D eigenvalue weighted by atomic mass is 10.2. The first-order chi connectivity index (χ1) is 6.00. The Labute approximate surface area is 75.0 Å². The maximum atomic E-state index is 2.21. The van der Waals surface area contributed by atoms with E-state index in [2.05, 4.69) is 48.6 Å². The number of hydrogen-bond donors (Lipinski definition) is 0. The Bertz CT molecular complexity index is 156. The molecule has 0 aromatic carbocycles. The monoisotopic (exact) mass is 160 g/mol. The molecule has 0 atom stereocenters. The van der Waals surface area contributed by atoms with Crippen molar-refractivity contribution in [3.63, 3.8) is 0 Å². The van der Waals surface area contributed by atoms with E-state index < -0.39 is 0 Å². The fourth-order valence-electron chi connectivity index (χ4n) is 1.08. The zero-order valence-electron chi connectivity index (χ0n) is 7.45. The molecule has 0 amide bonds. The molecular formula is C12H16. The molecule has 0 bridgehead atoms. The molecule has 0 saturated heterocycles. The normalized spacial score (nSPS) is 21.3. The minimum absolute atomic E-state index is 1.15. The summed E-state index contributed by atoms with van der Waals surface area (Å²) in [6.07, 6.45) is 22.0. The second kappa shape index (κ2) is 6.66. The van der Waals surface area contributed by atoms with Crippen LogP contribution in [0.25, 0.3) is 0 Å². The molecule has 0 nitrogen and oxygen atoms in total. The number of hydrogen-bond acceptors (Lipinski definition) is 0. The minimum Gasteiger partial charge on any atom is -0.0842 e. The van der Waals surface area contributed by atoms with Crippen molar-refractivity contribution < 1.29 is 0 Å². The molecule has 0 saturated carbocycles. The van der Waals surface area contributed by atoms with E-state index in [1.54, 1.807) is 0 Å². The second-order valence-corrected chi connectivity index (χ2v) is 2.87. The van der Waals surface area contributed by atoms with Gasteiger partial charge in [0.1, 0.15) is 0 Å². The van der Waals surface area contributed by atoms with Crippen LogP contribution in [0.3, 0.4) is 0 Å². The minimum atomic E-state index is 1.15. The van der Waals surface area contributed by atoms with Gasteiger partial charge < -0.3 is 0 Å². The largest absolute Gasteiger partial charge is 0.0842 e. The summed E-state index contributed by atoms with van der Waals surface area (Å²) >= 11 is 0. The van der Waals surface area contributed by atoms with Gasteiger partial charge in [-0.1, -0.05) is 48.6 Å². The van der Waals surface area contributed by atoms with E-state index in [1.165, 1.54) is 0 Å². The molecule has 12 heavy (non-hydrogen) atoms. The van der Waals surface area contributed by atoms with Crippen LogP contribution in [0.5, 0.6) is 0 Å². The summed E-state index contributed by atoms with van der Waals surface area (Å²) in [5.74, 6) is 0. The standard InChI is InChI=1S/C12H16/c1-2-4-6-8-10-12-11-9-7-5-3-1/h1-4,9-12H,5-8H2/b3-1+,4-2?,11-9?,12-10?. The predicted molar refractivity (Wildman–Crippen MR) is 55.0 cm³/mol. The van der Waals surface area contributed by atoms with Gasteiger partial charge in [-0.05, 0) is 25.7 Å². The van der Waals surface area contributed by atoms with Gasteiger partial charge in [-0.15, -0.1) is 0 Å². The topological polar surface area (TPSA) is 0 Å². The molecule has 0 aromatic heterocycles. The highest BCUT2D eigenvalue weighted by molar-refractivity contribution is 5.07. The van der Waals surface area contributed by atoms with Gasteiger partial charge in [-0.2, -0.15) is 0 Å². The van der Waals surface area contributed by atoms with Crippen molar-refractivity contribution in [2.45, 2.75) is 25.7 Å². The van der Waals surface area contributed by atoms with E-state index in [1.807, 2.05) is 0 Å². The Hall–Kier alpha value is -1.04. The molecule has 0 fully saturated rings. The van der Waals surface area contributed by atoms with Gasteiger partial charge in [0.2, 0.25) is 0 Å². The predicted octanol–water partition coefficient (Wildman–Crippen LogP) is 3.79. The maximum Gasteiger partial charge on any atom is -0.0313 e. The van der Waals surface area contributed by atoms with Crippen LogP contribution < -0.4 is 0 Å². The van der Waals surface area contributed by atoms with Crippen molar-refractivity contribution >= 4 is 0 Å². The Kier molecular flexibility index (Phi) is 5.02. The molecule has 0 aromatic rings. The van der Waals surface area contributed by atoms with Crippen LogP contribution in [0, 0.1) is 0 Å². The molecule has 0 N–H and O–H groups in total. The molecule has 1 aliphatic rings. The highest BCUT2D eigenvalue weighted by atomic mass is 13.8. The van der Waals surface area contributed by atoms with Crippen molar-refractivity contribution in [3.05, 3.63) is 48.6 Å². The first kappa shape index (κ1) is 9.05. The van der Waals surface area contributed by atoms with Crippen molar-refractivity contribution in [2.24, 2.45) is 0 Å². The molecule has 0 heteroatoms. The third kappa shape index (κ3) is 4.73. The zero-order valence-corrected chi connectivity index (χ0v) is 7.45. The molecular weight excluding hydrogens is 144 g/mol. The first-order valence-corrected chi connectivity index (χ1v) is 4.63. The average molecular weight is 160 g/mol. The molecule has 0 spiro atoms. The van der Waals surface area contributed by atoms with Gasteiger partial charge in [0.05, 0.1) is 0 Å². The fourth-order valence-corrected chi connectivity index (χ4v) is 1.08. The zero-order chi connectivity index (χ0) is 8.49. The third-order valence-corrected chi connectivity index (χ3v) is 1.77. The fraction of sp³-hybridized carbons (Fsp3) is 0.333. The molecule has 0 radical (unpaired) electrons. The lowest BCUT2D eigenvalue weighted by Crippen LogP contribution is -1.67. The smallest absolute Gasteiger partial charge is 0.0313 e. The maximum absolute atomic E-state index is 2.21. The lowest BCUT2D eigenvalue weighted by Gasteiger charge is -1.88. The van der Waals surface area contributed by atoms with Crippen LogP contribution in [0.1, 0.15) is 25.7 Å². The van der Waals surface area contributed by atoms with Crippen molar-refractivity contribution in [1.29, 1.82) is 0 Å². The molecule has 0 aliphatic heterocycles. The van der Waals surface area contributed by atoms with E-state index in [0.29, 0.717) is 0 Å². The van der Waals surface area contributed by atoms with Gasteiger partial charge in [0, 0.05) is 0 Å². The Morgan fingerprint density at radius 2 is 0.667 bits per heavy atom. The van der Waals surface area contributed by atoms with Gasteiger partial charge in [0.25, 0.3) is 0 Å². The summed E-state index contributed by atoms with van der Waals surface area (Å²) < 4.78 is 0. The van der Waals surface area contributed by atoms with Crippen molar-refractivity contribution in [2.75, 3.05) is 0 Å². The molecule has 1 aliphatic carbocycles. The third-order valence-electron chi connectivity index (χ3n) is 1.77. The molecule has 0 unspecified atom stereocenters. The van der Waals surface area contributed by atoms with Crippen LogP contribution in [-0.4, -0.2) is 0 Å². The molecule has 0 heterocycles. The summed E-state index contributed by atoms with van der Waals surface area (Å²) in [6, 6.07) is 0. The lowest BCUT2D eigenvalue weighted by molar-refractivity contribution is 1.04. The van der Waals surface area contributed by atoms with Crippen LogP contribution in [-0.2, 0) is 0 Å². The van der Waals surface area contributed by atoms with Gasteiger partial charge in [0.15, 0.2) is 0 Å². The summed E-state index contributed by atoms with van der Waals surface area (Å²) in [6.45, 7) is 0. The average Bonchev–Trinajstić information content (AvgIpc) is 2.05. The SMILES string of the molecule is C1=CCCC=C/C=C/CCC=C1. The molecule has 64 valence electrons. The number of rotatable bonds is 0. The van der Waals surface area contributed by atoms with Gasteiger partial charge in [-0.3, -0.25) is 0 Å². The van der Waals surface area contributed by atoms with E-state index >= 15 is 0 Å². The van der Waals surface area contributed by atoms with Gasteiger partial charge >= 0.3 is 0 Å². The molecule has 1 rings (SSSR count). The van der Waals surface area contributed by atoms with Gasteiger partial charge in [-0.25, -0.2) is 0 Å². The summed E-state index contributed by atoms with van der Waals surface area (Å²) in [4.78, 5) is 0. The van der Waals surface area contributed by atoms with E-state index in [-0.39, 0.29) is 0 Å². The first-order valence-electron chi connectivity index (χ1n) is 4.63. The van der Waals surface area contributed by atoms with Crippen LogP contribution in [0.15, 0.2) is 48.6 Å². The summed E-state index contributed by atoms with van der Waals surface area (Å²) in [5, 5.41) is 0. The highest BCUT2D eigenvalue weighted by Gasteiger charge is 1.78. The Morgan fingerprint density at radius 1 is 0.417 bits per heavy atom. The summed E-state index contributed by atoms with van der Waals surface area (Å²) in [5.41, 5.74) is 0. The van der Waals surface area contributed by atoms with Crippen molar-refractivity contribution in [1.82, 2.24) is 0 Å².